The normalized spacial score (nSPS) is 16.2. The van der Waals surface area contributed by atoms with Gasteiger partial charge in [-0.1, -0.05) is 6.92 Å². The Morgan fingerprint density at radius 2 is 1.94 bits per heavy atom. The van der Waals surface area contributed by atoms with E-state index in [-0.39, 0.29) is 4.90 Å². The number of carboxylic acids is 1. The Labute approximate surface area is 99.9 Å². The van der Waals surface area contributed by atoms with E-state index in [1.165, 1.54) is 13.8 Å². The van der Waals surface area contributed by atoms with Crippen molar-refractivity contribution in [3.05, 3.63) is 29.8 Å². The van der Waals surface area contributed by atoms with E-state index in [4.69, 9.17) is 5.11 Å². The van der Waals surface area contributed by atoms with Crippen LogP contribution in [0.1, 0.15) is 13.8 Å². The molecule has 0 bridgehead atoms. The van der Waals surface area contributed by atoms with Gasteiger partial charge in [-0.05, 0) is 25.1 Å². The zero-order valence-electron chi connectivity index (χ0n) is 9.31. The van der Waals surface area contributed by atoms with Gasteiger partial charge in [0.15, 0.2) is 0 Å². The summed E-state index contributed by atoms with van der Waals surface area (Å²) >= 11 is 0. The molecule has 0 aliphatic heterocycles. The van der Waals surface area contributed by atoms with E-state index >= 15 is 0 Å². The summed E-state index contributed by atoms with van der Waals surface area (Å²) in [6.07, 6.45) is 0. The molecule has 1 aromatic carbocycles. The van der Waals surface area contributed by atoms with Gasteiger partial charge in [0.2, 0.25) is 0 Å². The third-order valence-electron chi connectivity index (χ3n) is 2.54. The Hall–Kier alpha value is -1.30. The molecule has 0 heterocycles. The average Bonchev–Trinajstić information content (AvgIpc) is 2.29. The van der Waals surface area contributed by atoms with Gasteiger partial charge in [-0.2, -0.15) is 0 Å². The van der Waals surface area contributed by atoms with E-state index in [9.17, 15) is 17.8 Å². The number of halogens is 2. The molecule has 6 heteroatoms. The van der Waals surface area contributed by atoms with Crippen molar-refractivity contribution in [3.63, 3.8) is 0 Å². The highest BCUT2D eigenvalue weighted by Crippen LogP contribution is 2.21. The number of aliphatic carboxylic acids is 1. The fraction of sp³-hybridized carbons (Fsp3) is 0.364. The van der Waals surface area contributed by atoms with Crippen LogP contribution in [0.25, 0.3) is 0 Å². The first kappa shape index (κ1) is 13.8. The van der Waals surface area contributed by atoms with Gasteiger partial charge in [0, 0.05) is 5.25 Å². The molecule has 1 aromatic rings. The Balaban J connectivity index is 3.04. The molecule has 0 saturated heterocycles. The summed E-state index contributed by atoms with van der Waals surface area (Å²) in [5.41, 5.74) is 0. The summed E-state index contributed by atoms with van der Waals surface area (Å²) in [5.74, 6) is -3.53. The van der Waals surface area contributed by atoms with Crippen LogP contribution in [0.15, 0.2) is 23.1 Å². The maximum absolute atomic E-state index is 13.3. The zero-order valence-corrected chi connectivity index (χ0v) is 10.1. The lowest BCUT2D eigenvalue weighted by atomic mass is 10.1. The molecular formula is C11H12F2O3S. The second kappa shape index (κ2) is 5.35. The van der Waals surface area contributed by atoms with Gasteiger partial charge in [0.1, 0.15) is 11.6 Å². The van der Waals surface area contributed by atoms with E-state index < -0.39 is 39.6 Å². The monoisotopic (exact) mass is 262 g/mol. The molecule has 3 nitrogen and oxygen atoms in total. The fourth-order valence-corrected chi connectivity index (χ4v) is 2.59. The Kier molecular flexibility index (Phi) is 4.34. The van der Waals surface area contributed by atoms with E-state index in [1.54, 1.807) is 0 Å². The maximum Gasteiger partial charge on any atom is 0.307 e. The maximum atomic E-state index is 13.3. The van der Waals surface area contributed by atoms with Crippen molar-refractivity contribution in [2.45, 2.75) is 24.0 Å². The Morgan fingerprint density at radius 3 is 2.47 bits per heavy atom. The lowest BCUT2D eigenvalue weighted by molar-refractivity contribution is -0.141. The van der Waals surface area contributed by atoms with Crippen LogP contribution in [0.3, 0.4) is 0 Å². The summed E-state index contributed by atoms with van der Waals surface area (Å²) < 4.78 is 38.2. The third-order valence-corrected chi connectivity index (χ3v) is 4.37. The lowest BCUT2D eigenvalue weighted by Gasteiger charge is -2.15. The molecule has 0 radical (unpaired) electrons. The van der Waals surface area contributed by atoms with Crippen molar-refractivity contribution in [2.24, 2.45) is 5.92 Å². The van der Waals surface area contributed by atoms with E-state index in [1.807, 2.05) is 0 Å². The third kappa shape index (κ3) is 3.09. The van der Waals surface area contributed by atoms with E-state index in [0.717, 1.165) is 18.2 Å². The van der Waals surface area contributed by atoms with Crippen molar-refractivity contribution in [3.8, 4) is 0 Å². The average molecular weight is 262 g/mol. The first-order chi connectivity index (χ1) is 7.84. The lowest BCUT2D eigenvalue weighted by Crippen LogP contribution is -2.27. The van der Waals surface area contributed by atoms with E-state index in [0.29, 0.717) is 0 Å². The van der Waals surface area contributed by atoms with Crippen LogP contribution in [-0.4, -0.2) is 20.5 Å². The molecule has 0 aromatic heterocycles. The van der Waals surface area contributed by atoms with Gasteiger partial charge in [0.25, 0.3) is 0 Å². The van der Waals surface area contributed by atoms with Gasteiger partial charge in [0.05, 0.1) is 21.6 Å². The highest BCUT2D eigenvalue weighted by Gasteiger charge is 2.27. The van der Waals surface area contributed by atoms with Crippen molar-refractivity contribution >= 4 is 16.8 Å². The van der Waals surface area contributed by atoms with Crippen LogP contribution in [0.4, 0.5) is 8.78 Å². The molecule has 17 heavy (non-hydrogen) atoms. The summed E-state index contributed by atoms with van der Waals surface area (Å²) in [5, 5.41) is 7.97. The molecule has 94 valence electrons. The highest BCUT2D eigenvalue weighted by atomic mass is 32.2. The van der Waals surface area contributed by atoms with Gasteiger partial charge in [-0.15, -0.1) is 0 Å². The van der Waals surface area contributed by atoms with Crippen molar-refractivity contribution in [1.82, 2.24) is 0 Å². The highest BCUT2D eigenvalue weighted by molar-refractivity contribution is 7.85. The minimum Gasteiger partial charge on any atom is -0.481 e. The first-order valence-electron chi connectivity index (χ1n) is 4.93. The molecule has 1 rings (SSSR count). The van der Waals surface area contributed by atoms with Crippen molar-refractivity contribution in [2.75, 3.05) is 0 Å². The van der Waals surface area contributed by atoms with Gasteiger partial charge < -0.3 is 5.11 Å². The molecule has 0 spiro atoms. The Bertz CT molecular complexity index is 462. The molecule has 0 aliphatic rings. The first-order valence-corrected chi connectivity index (χ1v) is 6.14. The van der Waals surface area contributed by atoms with Gasteiger partial charge in [-0.3, -0.25) is 9.00 Å². The number of carboxylic acid groups (broad SMARTS) is 1. The molecule has 3 atom stereocenters. The van der Waals surface area contributed by atoms with Crippen LogP contribution < -0.4 is 0 Å². The smallest absolute Gasteiger partial charge is 0.307 e. The number of benzene rings is 1. The van der Waals surface area contributed by atoms with Gasteiger partial charge >= 0.3 is 5.97 Å². The number of carbonyl (C=O) groups is 1. The quantitative estimate of drug-likeness (QED) is 0.904. The summed E-state index contributed by atoms with van der Waals surface area (Å²) in [4.78, 5) is 10.4. The number of rotatable bonds is 4. The molecular weight excluding hydrogens is 250 g/mol. The summed E-state index contributed by atoms with van der Waals surface area (Å²) in [6, 6.07) is 2.62. The SMILES string of the molecule is CC(C(=O)O)C(C)S(=O)c1cc(F)ccc1F. The minimum atomic E-state index is -1.90. The second-order valence-corrected chi connectivity index (χ2v) is 5.48. The van der Waals surface area contributed by atoms with Gasteiger partial charge in [-0.25, -0.2) is 8.78 Å². The molecule has 3 unspecified atom stereocenters. The zero-order chi connectivity index (χ0) is 13.2. The van der Waals surface area contributed by atoms with Crippen molar-refractivity contribution < 1.29 is 22.9 Å². The number of hydrogen-bond donors (Lipinski definition) is 1. The van der Waals surface area contributed by atoms with Crippen LogP contribution in [0.2, 0.25) is 0 Å². The van der Waals surface area contributed by atoms with Crippen LogP contribution >= 0.6 is 0 Å². The second-order valence-electron chi connectivity index (χ2n) is 3.70. The summed E-state index contributed by atoms with van der Waals surface area (Å²) in [6.45, 7) is 2.81. The molecule has 0 saturated carbocycles. The molecule has 0 fully saturated rings. The standard InChI is InChI=1S/C11H12F2O3S/c1-6(11(14)15)7(2)17(16)10-5-8(12)3-4-9(10)13/h3-7H,1-2H3,(H,14,15). The Morgan fingerprint density at radius 1 is 1.35 bits per heavy atom. The summed E-state index contributed by atoms with van der Waals surface area (Å²) in [7, 11) is -1.90. The predicted octanol–water partition coefficient (Wildman–Crippen LogP) is 2.18. The van der Waals surface area contributed by atoms with Crippen molar-refractivity contribution in [1.29, 1.82) is 0 Å². The fourth-order valence-electron chi connectivity index (χ4n) is 1.22. The molecule has 0 aliphatic carbocycles. The largest absolute Gasteiger partial charge is 0.481 e. The van der Waals surface area contributed by atoms with Crippen LogP contribution in [-0.2, 0) is 15.6 Å². The number of hydrogen-bond acceptors (Lipinski definition) is 2. The molecule has 0 amide bonds. The van der Waals surface area contributed by atoms with Crippen LogP contribution in [0, 0.1) is 17.6 Å². The topological polar surface area (TPSA) is 54.4 Å². The molecule has 1 N–H and O–H groups in total. The minimum absolute atomic E-state index is 0.300. The van der Waals surface area contributed by atoms with E-state index in [2.05, 4.69) is 0 Å². The van der Waals surface area contributed by atoms with Crippen LogP contribution in [0.5, 0.6) is 0 Å². The predicted molar refractivity (Wildman–Crippen MR) is 59.0 cm³/mol.